The van der Waals surface area contributed by atoms with E-state index in [1.165, 1.54) is 0 Å². The van der Waals surface area contributed by atoms with Gasteiger partial charge in [0.05, 0.1) is 25.0 Å². The molecule has 2 aromatic heterocycles. The van der Waals surface area contributed by atoms with E-state index in [1.54, 1.807) is 13.3 Å². The molecule has 1 atom stereocenters. The fourth-order valence-corrected chi connectivity index (χ4v) is 3.42. The molecule has 0 unspecified atom stereocenters. The highest BCUT2D eigenvalue weighted by Crippen LogP contribution is 2.27. The molecule has 4 rings (SSSR count). The number of nitrogens with one attached hydrogen (secondary N) is 1. The first-order valence-corrected chi connectivity index (χ1v) is 9.76. The summed E-state index contributed by atoms with van der Waals surface area (Å²) in [6, 6.07) is 13.7. The molecule has 7 nitrogen and oxygen atoms in total. The number of hydrogen-bond donors (Lipinski definition) is 1. The third kappa shape index (κ3) is 4.46. The SMILES string of the molecule is COc1ccc(-c2cc(-c3cccnc3)n(CCNC(=O)[C@H]3CCCO3)n2)cc1. The second-order valence-corrected chi connectivity index (χ2v) is 6.90. The van der Waals surface area contributed by atoms with Gasteiger partial charge in [0.1, 0.15) is 11.9 Å². The Morgan fingerprint density at radius 2 is 2.14 bits per heavy atom. The molecule has 0 bridgehead atoms. The highest BCUT2D eigenvalue weighted by Gasteiger charge is 2.23. The Balaban J connectivity index is 1.54. The van der Waals surface area contributed by atoms with E-state index < -0.39 is 0 Å². The van der Waals surface area contributed by atoms with Crippen LogP contribution >= 0.6 is 0 Å². The van der Waals surface area contributed by atoms with Gasteiger partial charge in [-0.3, -0.25) is 14.5 Å². The number of rotatable bonds is 7. The van der Waals surface area contributed by atoms with Gasteiger partial charge in [0, 0.05) is 36.7 Å². The molecular weight excluding hydrogens is 368 g/mol. The number of carbonyl (C=O) groups excluding carboxylic acids is 1. The van der Waals surface area contributed by atoms with E-state index in [-0.39, 0.29) is 12.0 Å². The molecule has 7 heteroatoms. The zero-order valence-corrected chi connectivity index (χ0v) is 16.4. The van der Waals surface area contributed by atoms with Crippen LogP contribution in [-0.4, -0.2) is 47.0 Å². The van der Waals surface area contributed by atoms with Crippen LogP contribution in [0.5, 0.6) is 5.75 Å². The van der Waals surface area contributed by atoms with E-state index in [1.807, 2.05) is 53.3 Å². The van der Waals surface area contributed by atoms with Crippen molar-refractivity contribution >= 4 is 5.91 Å². The zero-order chi connectivity index (χ0) is 20.1. The van der Waals surface area contributed by atoms with Crippen LogP contribution in [-0.2, 0) is 16.1 Å². The van der Waals surface area contributed by atoms with Crippen molar-refractivity contribution in [1.29, 1.82) is 0 Å². The molecule has 29 heavy (non-hydrogen) atoms. The molecule has 1 aromatic carbocycles. The molecule has 1 saturated heterocycles. The number of carbonyl (C=O) groups is 1. The predicted molar refractivity (Wildman–Crippen MR) is 109 cm³/mol. The molecule has 1 aliphatic heterocycles. The minimum Gasteiger partial charge on any atom is -0.497 e. The fraction of sp³-hybridized carbons (Fsp3) is 0.318. The minimum atomic E-state index is -0.319. The summed E-state index contributed by atoms with van der Waals surface area (Å²) in [5, 5.41) is 7.73. The molecule has 1 N–H and O–H groups in total. The van der Waals surface area contributed by atoms with Gasteiger partial charge in [0.25, 0.3) is 0 Å². The lowest BCUT2D eigenvalue weighted by atomic mass is 10.1. The lowest BCUT2D eigenvalue weighted by molar-refractivity contribution is -0.130. The second kappa shape index (κ2) is 8.87. The Bertz CT molecular complexity index is 948. The quantitative estimate of drug-likeness (QED) is 0.669. The van der Waals surface area contributed by atoms with Crippen LogP contribution in [0, 0.1) is 0 Å². The lowest BCUT2D eigenvalue weighted by Crippen LogP contribution is -2.36. The molecule has 0 saturated carbocycles. The summed E-state index contributed by atoms with van der Waals surface area (Å²) in [6.07, 6.45) is 4.97. The van der Waals surface area contributed by atoms with Crippen molar-refractivity contribution in [3.8, 4) is 28.3 Å². The molecule has 1 aliphatic rings. The van der Waals surface area contributed by atoms with E-state index in [4.69, 9.17) is 14.6 Å². The van der Waals surface area contributed by atoms with Gasteiger partial charge in [-0.05, 0) is 55.3 Å². The van der Waals surface area contributed by atoms with Crippen LogP contribution < -0.4 is 10.1 Å². The third-order valence-electron chi connectivity index (χ3n) is 4.97. The van der Waals surface area contributed by atoms with Gasteiger partial charge in [-0.2, -0.15) is 5.10 Å². The summed E-state index contributed by atoms with van der Waals surface area (Å²) in [5.41, 5.74) is 3.79. The predicted octanol–water partition coefficient (Wildman–Crippen LogP) is 2.92. The number of pyridine rings is 1. The Hall–Kier alpha value is -3.19. The Morgan fingerprint density at radius 1 is 1.28 bits per heavy atom. The van der Waals surface area contributed by atoms with Gasteiger partial charge in [-0.15, -0.1) is 0 Å². The van der Waals surface area contributed by atoms with Crippen LogP contribution in [0.4, 0.5) is 0 Å². The lowest BCUT2D eigenvalue weighted by Gasteiger charge is -2.11. The van der Waals surface area contributed by atoms with Gasteiger partial charge >= 0.3 is 0 Å². The van der Waals surface area contributed by atoms with Crippen molar-refractivity contribution < 1.29 is 14.3 Å². The van der Waals surface area contributed by atoms with E-state index >= 15 is 0 Å². The third-order valence-corrected chi connectivity index (χ3v) is 4.97. The van der Waals surface area contributed by atoms with Gasteiger partial charge in [-0.1, -0.05) is 0 Å². The van der Waals surface area contributed by atoms with Crippen LogP contribution in [0.25, 0.3) is 22.5 Å². The summed E-state index contributed by atoms with van der Waals surface area (Å²) in [6.45, 7) is 1.70. The number of aromatic nitrogens is 3. The minimum absolute atomic E-state index is 0.0482. The van der Waals surface area contributed by atoms with E-state index in [0.29, 0.717) is 19.7 Å². The van der Waals surface area contributed by atoms with Crippen molar-refractivity contribution in [2.24, 2.45) is 0 Å². The molecule has 0 aliphatic carbocycles. The molecule has 0 radical (unpaired) electrons. The Morgan fingerprint density at radius 3 is 2.83 bits per heavy atom. The van der Waals surface area contributed by atoms with Crippen LogP contribution in [0.1, 0.15) is 12.8 Å². The smallest absolute Gasteiger partial charge is 0.249 e. The first kappa shape index (κ1) is 19.1. The highest BCUT2D eigenvalue weighted by molar-refractivity contribution is 5.80. The molecule has 1 fully saturated rings. The van der Waals surface area contributed by atoms with Gasteiger partial charge in [-0.25, -0.2) is 0 Å². The topological polar surface area (TPSA) is 78.3 Å². The first-order valence-electron chi connectivity index (χ1n) is 9.76. The second-order valence-electron chi connectivity index (χ2n) is 6.90. The first-order chi connectivity index (χ1) is 14.2. The van der Waals surface area contributed by atoms with E-state index in [2.05, 4.69) is 10.3 Å². The monoisotopic (exact) mass is 392 g/mol. The molecule has 3 heterocycles. The van der Waals surface area contributed by atoms with Crippen molar-refractivity contribution in [2.45, 2.75) is 25.5 Å². The average Bonchev–Trinajstić information content (AvgIpc) is 3.45. The molecule has 0 spiro atoms. The van der Waals surface area contributed by atoms with Crippen LogP contribution in [0.3, 0.4) is 0 Å². The molecule has 3 aromatic rings. The van der Waals surface area contributed by atoms with Crippen LogP contribution in [0.2, 0.25) is 0 Å². The number of benzene rings is 1. The maximum absolute atomic E-state index is 12.2. The van der Waals surface area contributed by atoms with Crippen molar-refractivity contribution in [3.05, 3.63) is 54.9 Å². The van der Waals surface area contributed by atoms with Crippen molar-refractivity contribution in [2.75, 3.05) is 20.3 Å². The molecular formula is C22H24N4O3. The fourth-order valence-electron chi connectivity index (χ4n) is 3.42. The number of hydrogen-bond acceptors (Lipinski definition) is 5. The van der Waals surface area contributed by atoms with E-state index in [0.717, 1.165) is 41.1 Å². The molecule has 150 valence electrons. The number of nitrogens with zero attached hydrogens (tertiary/aromatic N) is 3. The molecule has 1 amide bonds. The number of amides is 1. The Kier molecular flexibility index (Phi) is 5.86. The summed E-state index contributed by atoms with van der Waals surface area (Å²) in [5.74, 6) is 0.755. The average molecular weight is 392 g/mol. The summed E-state index contributed by atoms with van der Waals surface area (Å²) >= 11 is 0. The maximum Gasteiger partial charge on any atom is 0.249 e. The largest absolute Gasteiger partial charge is 0.497 e. The van der Waals surface area contributed by atoms with Crippen molar-refractivity contribution in [1.82, 2.24) is 20.1 Å². The number of ether oxygens (including phenoxy) is 2. The summed E-state index contributed by atoms with van der Waals surface area (Å²) in [7, 11) is 1.65. The van der Waals surface area contributed by atoms with Crippen LogP contribution in [0.15, 0.2) is 54.9 Å². The number of methoxy groups -OCH3 is 1. The Labute approximate surface area is 169 Å². The van der Waals surface area contributed by atoms with Crippen molar-refractivity contribution in [3.63, 3.8) is 0 Å². The standard InChI is InChI=1S/C22H24N4O3/c1-28-18-8-6-16(7-9-18)19-14-20(17-4-2-10-23-15-17)26(25-19)12-11-24-22(27)21-5-3-13-29-21/h2,4,6-10,14-15,21H,3,5,11-13H2,1H3,(H,24,27)/t21-/m1/s1. The normalized spacial score (nSPS) is 16.0. The summed E-state index contributed by atoms with van der Waals surface area (Å²) < 4.78 is 12.6. The summed E-state index contributed by atoms with van der Waals surface area (Å²) in [4.78, 5) is 16.4. The van der Waals surface area contributed by atoms with E-state index in [9.17, 15) is 4.79 Å². The van der Waals surface area contributed by atoms with Gasteiger partial charge in [0.15, 0.2) is 0 Å². The maximum atomic E-state index is 12.2. The highest BCUT2D eigenvalue weighted by atomic mass is 16.5. The zero-order valence-electron chi connectivity index (χ0n) is 16.4. The van der Waals surface area contributed by atoms with Gasteiger partial charge in [0.2, 0.25) is 5.91 Å². The van der Waals surface area contributed by atoms with Gasteiger partial charge < -0.3 is 14.8 Å².